The highest BCUT2D eigenvalue weighted by atomic mass is 19.4. The summed E-state index contributed by atoms with van der Waals surface area (Å²) in [5, 5.41) is 0. The Morgan fingerprint density at radius 2 is 1.58 bits per heavy atom. The van der Waals surface area contributed by atoms with Crippen LogP contribution in [0.4, 0.5) is 13.2 Å². The van der Waals surface area contributed by atoms with Gasteiger partial charge < -0.3 is 4.74 Å². The third kappa shape index (κ3) is 3.43. The lowest BCUT2D eigenvalue weighted by molar-refractivity contribution is -0.229. The topological polar surface area (TPSA) is 9.23 Å². The maximum atomic E-state index is 12.2. The molecule has 0 radical (unpaired) electrons. The lowest BCUT2D eigenvalue weighted by Gasteiger charge is -2.28. The highest BCUT2D eigenvalue weighted by molar-refractivity contribution is 4.76. The molecule has 4 heteroatoms. The van der Waals surface area contributed by atoms with Gasteiger partial charge in [0.25, 0.3) is 0 Å². The molecule has 0 bridgehead atoms. The van der Waals surface area contributed by atoms with Gasteiger partial charge in [0.1, 0.15) is 0 Å². The van der Waals surface area contributed by atoms with E-state index in [1.54, 1.807) is 13.8 Å². The first-order valence-corrected chi connectivity index (χ1v) is 3.85. The molecule has 74 valence electrons. The Balaban J connectivity index is 4.05. The summed E-state index contributed by atoms with van der Waals surface area (Å²) in [5.41, 5.74) is -1.75. The van der Waals surface area contributed by atoms with Crippen molar-refractivity contribution in [3.63, 3.8) is 0 Å². The van der Waals surface area contributed by atoms with Crippen LogP contribution in [0.2, 0.25) is 0 Å². The van der Waals surface area contributed by atoms with Crippen LogP contribution in [0, 0.1) is 5.41 Å². The zero-order valence-electron chi connectivity index (χ0n) is 7.83. The zero-order chi connectivity index (χ0) is 9.99. The second-order valence-electron chi connectivity index (χ2n) is 3.74. The van der Waals surface area contributed by atoms with E-state index in [9.17, 15) is 13.2 Å². The summed E-state index contributed by atoms with van der Waals surface area (Å²) >= 11 is 0. The van der Waals surface area contributed by atoms with Gasteiger partial charge in [-0.3, -0.25) is 0 Å². The van der Waals surface area contributed by atoms with Crippen LogP contribution >= 0.6 is 0 Å². The maximum Gasteiger partial charge on any atom is 0.396 e. The summed E-state index contributed by atoms with van der Waals surface area (Å²) in [6, 6.07) is 0. The quantitative estimate of drug-likeness (QED) is 0.655. The molecule has 0 fully saturated rings. The van der Waals surface area contributed by atoms with Crippen LogP contribution in [0.15, 0.2) is 0 Å². The first kappa shape index (κ1) is 11.8. The van der Waals surface area contributed by atoms with Gasteiger partial charge in [-0.15, -0.1) is 0 Å². The van der Waals surface area contributed by atoms with Gasteiger partial charge in [0.15, 0.2) is 0 Å². The lowest BCUT2D eigenvalue weighted by Crippen LogP contribution is -2.37. The number of alkyl halides is 3. The highest BCUT2D eigenvalue weighted by Crippen LogP contribution is 2.37. The lowest BCUT2D eigenvalue weighted by atomic mass is 9.94. The van der Waals surface area contributed by atoms with Crippen molar-refractivity contribution >= 4 is 0 Å². The molecule has 0 aliphatic carbocycles. The fraction of sp³-hybridized carbons (Fsp3) is 1.00. The molecule has 0 N–H and O–H groups in total. The molecule has 12 heavy (non-hydrogen) atoms. The fourth-order valence-corrected chi connectivity index (χ4v) is 0.457. The Labute approximate surface area is 70.9 Å². The van der Waals surface area contributed by atoms with Gasteiger partial charge in [-0.25, -0.2) is 0 Å². The highest BCUT2D eigenvalue weighted by Gasteiger charge is 2.47. The third-order valence-electron chi connectivity index (χ3n) is 1.54. The van der Waals surface area contributed by atoms with Crippen molar-refractivity contribution in [2.24, 2.45) is 5.41 Å². The van der Waals surface area contributed by atoms with Gasteiger partial charge in [0.05, 0.1) is 18.1 Å². The molecule has 0 aliphatic rings. The van der Waals surface area contributed by atoms with E-state index in [1.807, 2.05) is 0 Å². The molecule has 0 aromatic heterocycles. The van der Waals surface area contributed by atoms with E-state index < -0.39 is 11.6 Å². The molecule has 0 aromatic rings. The molecule has 0 spiro atoms. The standard InChI is InChI=1S/C8H15F3O/c1-6(2)12-5-7(3,4)8(9,10)11/h6H,5H2,1-4H3. The molecular weight excluding hydrogens is 169 g/mol. The minimum atomic E-state index is -4.19. The second-order valence-corrected chi connectivity index (χ2v) is 3.74. The maximum absolute atomic E-state index is 12.2. The Hall–Kier alpha value is -0.250. The van der Waals surface area contributed by atoms with Crippen LogP contribution in [-0.4, -0.2) is 18.9 Å². The molecule has 0 heterocycles. The Morgan fingerprint density at radius 3 is 1.83 bits per heavy atom. The molecule has 0 atom stereocenters. The van der Waals surface area contributed by atoms with Crippen molar-refractivity contribution in [2.45, 2.75) is 40.0 Å². The molecule has 0 saturated heterocycles. The van der Waals surface area contributed by atoms with Gasteiger partial charge in [-0.05, 0) is 27.7 Å². The van der Waals surface area contributed by atoms with Crippen molar-refractivity contribution < 1.29 is 17.9 Å². The molecule has 0 aromatic carbocycles. The average molecular weight is 184 g/mol. The van der Waals surface area contributed by atoms with E-state index in [2.05, 4.69) is 0 Å². The average Bonchev–Trinajstić information content (AvgIpc) is 1.81. The van der Waals surface area contributed by atoms with Crippen molar-refractivity contribution in [3.8, 4) is 0 Å². The van der Waals surface area contributed by atoms with Crippen LogP contribution < -0.4 is 0 Å². The summed E-state index contributed by atoms with van der Waals surface area (Å²) in [7, 11) is 0. The summed E-state index contributed by atoms with van der Waals surface area (Å²) in [6.07, 6.45) is -4.35. The van der Waals surface area contributed by atoms with E-state index in [-0.39, 0.29) is 12.7 Å². The summed E-state index contributed by atoms with van der Waals surface area (Å²) in [6.45, 7) is 5.41. The SMILES string of the molecule is CC(C)OCC(C)(C)C(F)(F)F. The van der Waals surface area contributed by atoms with Gasteiger partial charge in [0, 0.05) is 0 Å². The van der Waals surface area contributed by atoms with Crippen LogP contribution in [0.5, 0.6) is 0 Å². The molecular formula is C8H15F3O. The van der Waals surface area contributed by atoms with Gasteiger partial charge >= 0.3 is 6.18 Å². The van der Waals surface area contributed by atoms with E-state index in [0.29, 0.717) is 0 Å². The van der Waals surface area contributed by atoms with E-state index in [0.717, 1.165) is 13.8 Å². The molecule has 0 aliphatic heterocycles. The van der Waals surface area contributed by atoms with Crippen LogP contribution in [-0.2, 0) is 4.74 Å². The number of rotatable bonds is 3. The number of hydrogen-bond acceptors (Lipinski definition) is 1. The largest absolute Gasteiger partial charge is 0.396 e. The van der Waals surface area contributed by atoms with E-state index in [1.165, 1.54) is 0 Å². The summed E-state index contributed by atoms with van der Waals surface area (Å²) in [5.74, 6) is 0. The number of ether oxygens (including phenoxy) is 1. The minimum absolute atomic E-state index is 0.161. The fourth-order valence-electron chi connectivity index (χ4n) is 0.457. The smallest absolute Gasteiger partial charge is 0.378 e. The predicted molar refractivity (Wildman–Crippen MR) is 40.9 cm³/mol. The third-order valence-corrected chi connectivity index (χ3v) is 1.54. The molecule has 1 nitrogen and oxygen atoms in total. The first-order chi connectivity index (χ1) is 5.17. The minimum Gasteiger partial charge on any atom is -0.378 e. The molecule has 0 amide bonds. The zero-order valence-corrected chi connectivity index (χ0v) is 7.83. The van der Waals surface area contributed by atoms with Gasteiger partial charge in [-0.1, -0.05) is 0 Å². The van der Waals surface area contributed by atoms with Gasteiger partial charge in [0.2, 0.25) is 0 Å². The van der Waals surface area contributed by atoms with Crippen molar-refractivity contribution in [1.82, 2.24) is 0 Å². The molecule has 0 rings (SSSR count). The van der Waals surface area contributed by atoms with Crippen molar-refractivity contribution in [2.75, 3.05) is 6.61 Å². The Morgan fingerprint density at radius 1 is 1.17 bits per heavy atom. The molecule has 0 saturated carbocycles. The molecule has 0 unspecified atom stereocenters. The monoisotopic (exact) mass is 184 g/mol. The number of halogens is 3. The Bertz CT molecular complexity index is 138. The van der Waals surface area contributed by atoms with Crippen molar-refractivity contribution in [3.05, 3.63) is 0 Å². The number of hydrogen-bond donors (Lipinski definition) is 0. The predicted octanol–water partition coefficient (Wildman–Crippen LogP) is 3.00. The Kier molecular flexibility index (Phi) is 3.57. The first-order valence-electron chi connectivity index (χ1n) is 3.85. The van der Waals surface area contributed by atoms with Crippen LogP contribution in [0.3, 0.4) is 0 Å². The summed E-state index contributed by atoms with van der Waals surface area (Å²) < 4.78 is 41.5. The van der Waals surface area contributed by atoms with Crippen molar-refractivity contribution in [1.29, 1.82) is 0 Å². The van der Waals surface area contributed by atoms with Crippen LogP contribution in [0.1, 0.15) is 27.7 Å². The van der Waals surface area contributed by atoms with Gasteiger partial charge in [-0.2, -0.15) is 13.2 Å². The van der Waals surface area contributed by atoms with E-state index >= 15 is 0 Å². The van der Waals surface area contributed by atoms with Crippen LogP contribution in [0.25, 0.3) is 0 Å². The normalized spacial score (nSPS) is 14.0. The van der Waals surface area contributed by atoms with E-state index in [4.69, 9.17) is 4.74 Å². The summed E-state index contributed by atoms with van der Waals surface area (Å²) in [4.78, 5) is 0. The second kappa shape index (κ2) is 3.64.